The molecule has 3 nitrogen and oxygen atoms in total. The number of nitrogens with one attached hydrogen (secondary N) is 1. The summed E-state index contributed by atoms with van der Waals surface area (Å²) in [5, 5.41) is 8.12. The fourth-order valence-electron chi connectivity index (χ4n) is 2.01. The first kappa shape index (κ1) is 16.1. The zero-order valence-electron chi connectivity index (χ0n) is 11.8. The molecule has 5 heteroatoms. The summed E-state index contributed by atoms with van der Waals surface area (Å²) >= 11 is 5.68. The SMILES string of the molecule is CCNC(CSCC)Cc1c(Br)c(CC)nn1C. The van der Waals surface area contributed by atoms with Crippen LogP contribution in [0.5, 0.6) is 0 Å². The highest BCUT2D eigenvalue weighted by Crippen LogP contribution is 2.23. The minimum Gasteiger partial charge on any atom is -0.313 e. The van der Waals surface area contributed by atoms with Crippen LogP contribution in [0, 0.1) is 0 Å². The number of hydrogen-bond acceptors (Lipinski definition) is 3. The smallest absolute Gasteiger partial charge is 0.0766 e. The summed E-state index contributed by atoms with van der Waals surface area (Å²) in [6.45, 7) is 7.54. The molecule has 18 heavy (non-hydrogen) atoms. The Bertz CT molecular complexity index is 365. The Kier molecular flexibility index (Phi) is 7.34. The second-order valence-corrected chi connectivity index (χ2v) is 6.41. The van der Waals surface area contributed by atoms with Gasteiger partial charge in [0, 0.05) is 25.3 Å². The third-order valence-corrected chi connectivity index (χ3v) is 4.92. The summed E-state index contributed by atoms with van der Waals surface area (Å²) in [6.07, 6.45) is 2.01. The van der Waals surface area contributed by atoms with Crippen molar-refractivity contribution in [1.29, 1.82) is 0 Å². The van der Waals surface area contributed by atoms with Crippen molar-refractivity contribution in [2.75, 3.05) is 18.1 Å². The molecule has 1 atom stereocenters. The zero-order chi connectivity index (χ0) is 13.5. The van der Waals surface area contributed by atoms with Crippen LogP contribution < -0.4 is 5.32 Å². The summed E-state index contributed by atoms with van der Waals surface area (Å²) in [6, 6.07) is 0.524. The van der Waals surface area contributed by atoms with Gasteiger partial charge in [0.1, 0.15) is 0 Å². The lowest BCUT2D eigenvalue weighted by molar-refractivity contribution is 0.548. The van der Waals surface area contributed by atoms with Gasteiger partial charge in [-0.05, 0) is 34.6 Å². The Balaban J connectivity index is 2.76. The second-order valence-electron chi connectivity index (χ2n) is 4.30. The summed E-state index contributed by atoms with van der Waals surface area (Å²) < 4.78 is 3.21. The van der Waals surface area contributed by atoms with Crippen molar-refractivity contribution in [2.24, 2.45) is 7.05 Å². The first-order valence-electron chi connectivity index (χ1n) is 6.65. The van der Waals surface area contributed by atoms with Crippen LogP contribution in [0.1, 0.15) is 32.2 Å². The quantitative estimate of drug-likeness (QED) is 0.793. The van der Waals surface area contributed by atoms with Crippen molar-refractivity contribution in [3.8, 4) is 0 Å². The first-order chi connectivity index (χ1) is 8.63. The second kappa shape index (κ2) is 8.23. The summed E-state index contributed by atoms with van der Waals surface area (Å²) in [7, 11) is 2.04. The van der Waals surface area contributed by atoms with Crippen LogP contribution >= 0.6 is 27.7 Å². The molecule has 0 amide bonds. The summed E-state index contributed by atoms with van der Waals surface area (Å²) in [5.74, 6) is 2.33. The highest BCUT2D eigenvalue weighted by Gasteiger charge is 2.17. The van der Waals surface area contributed by atoms with Crippen molar-refractivity contribution < 1.29 is 0 Å². The van der Waals surface area contributed by atoms with Crippen LogP contribution in [0.2, 0.25) is 0 Å². The highest BCUT2D eigenvalue weighted by atomic mass is 79.9. The molecule has 0 aliphatic heterocycles. The van der Waals surface area contributed by atoms with E-state index in [0.717, 1.165) is 30.8 Å². The Morgan fingerprint density at radius 3 is 2.61 bits per heavy atom. The van der Waals surface area contributed by atoms with E-state index >= 15 is 0 Å². The van der Waals surface area contributed by atoms with Crippen LogP contribution in [-0.2, 0) is 19.9 Å². The number of likely N-dealkylation sites (N-methyl/N-ethyl adjacent to an activating group) is 1. The maximum atomic E-state index is 4.56. The van der Waals surface area contributed by atoms with Crippen molar-refractivity contribution >= 4 is 27.7 Å². The maximum Gasteiger partial charge on any atom is 0.0766 e. The molecule has 1 aromatic rings. The Labute approximate surface area is 123 Å². The molecule has 0 saturated heterocycles. The minimum atomic E-state index is 0.524. The number of hydrogen-bond donors (Lipinski definition) is 1. The van der Waals surface area contributed by atoms with E-state index in [1.54, 1.807) is 0 Å². The molecule has 0 saturated carbocycles. The standard InChI is InChI=1S/C13H24BrN3S/c1-5-11-13(14)12(17(4)16-11)8-10(15-6-2)9-18-7-3/h10,15H,5-9H2,1-4H3. The number of aromatic nitrogens is 2. The van der Waals surface area contributed by atoms with E-state index in [1.807, 2.05) is 23.5 Å². The lowest BCUT2D eigenvalue weighted by Gasteiger charge is -2.17. The van der Waals surface area contributed by atoms with E-state index in [1.165, 1.54) is 15.9 Å². The maximum absolute atomic E-state index is 4.56. The van der Waals surface area contributed by atoms with Crippen LogP contribution in [0.4, 0.5) is 0 Å². The molecule has 0 aromatic carbocycles. The number of rotatable bonds is 8. The predicted octanol–water partition coefficient (Wildman–Crippen LogP) is 3.02. The van der Waals surface area contributed by atoms with E-state index in [9.17, 15) is 0 Å². The molecule has 0 radical (unpaired) electrons. The average molecular weight is 334 g/mol. The zero-order valence-corrected chi connectivity index (χ0v) is 14.2. The molecule has 0 aliphatic rings. The largest absolute Gasteiger partial charge is 0.313 e. The highest BCUT2D eigenvalue weighted by molar-refractivity contribution is 9.10. The van der Waals surface area contributed by atoms with Crippen molar-refractivity contribution in [3.05, 3.63) is 15.9 Å². The molecule has 104 valence electrons. The van der Waals surface area contributed by atoms with Gasteiger partial charge in [-0.3, -0.25) is 4.68 Å². The molecular weight excluding hydrogens is 310 g/mol. The third kappa shape index (κ3) is 4.28. The number of aryl methyl sites for hydroxylation is 2. The molecule has 1 rings (SSSR count). The normalized spacial score (nSPS) is 12.9. The Morgan fingerprint density at radius 1 is 1.39 bits per heavy atom. The van der Waals surface area contributed by atoms with Gasteiger partial charge < -0.3 is 5.32 Å². The van der Waals surface area contributed by atoms with Gasteiger partial charge in [0.05, 0.1) is 15.9 Å². The monoisotopic (exact) mass is 333 g/mol. The molecular formula is C13H24BrN3S. The third-order valence-electron chi connectivity index (χ3n) is 2.96. The Hall–Kier alpha value is 0. The van der Waals surface area contributed by atoms with E-state index in [-0.39, 0.29) is 0 Å². The first-order valence-corrected chi connectivity index (χ1v) is 8.60. The van der Waals surface area contributed by atoms with Gasteiger partial charge in [-0.1, -0.05) is 20.8 Å². The molecule has 0 bridgehead atoms. The number of thioether (sulfide) groups is 1. The van der Waals surface area contributed by atoms with E-state index < -0.39 is 0 Å². The predicted molar refractivity (Wildman–Crippen MR) is 84.5 cm³/mol. The van der Waals surface area contributed by atoms with Crippen LogP contribution in [0.3, 0.4) is 0 Å². The average Bonchev–Trinajstić information content (AvgIpc) is 2.63. The van der Waals surface area contributed by atoms with Crippen LogP contribution in [-0.4, -0.2) is 33.9 Å². The fourth-order valence-corrected chi connectivity index (χ4v) is 3.55. The minimum absolute atomic E-state index is 0.524. The van der Waals surface area contributed by atoms with Crippen molar-refractivity contribution in [3.63, 3.8) is 0 Å². The van der Waals surface area contributed by atoms with Crippen LogP contribution in [0.15, 0.2) is 4.47 Å². The van der Waals surface area contributed by atoms with Gasteiger partial charge in [0.15, 0.2) is 0 Å². The molecule has 0 aliphatic carbocycles. The van der Waals surface area contributed by atoms with Crippen LogP contribution in [0.25, 0.3) is 0 Å². The van der Waals surface area contributed by atoms with Gasteiger partial charge in [0.2, 0.25) is 0 Å². The lowest BCUT2D eigenvalue weighted by Crippen LogP contribution is -2.34. The molecule has 1 unspecified atom stereocenters. The van der Waals surface area contributed by atoms with Gasteiger partial charge in [-0.15, -0.1) is 0 Å². The molecule has 0 spiro atoms. The van der Waals surface area contributed by atoms with Gasteiger partial charge in [-0.2, -0.15) is 16.9 Å². The summed E-state index contributed by atoms with van der Waals surface area (Å²) in [5.41, 5.74) is 2.46. The molecule has 0 fully saturated rings. The topological polar surface area (TPSA) is 29.9 Å². The van der Waals surface area contributed by atoms with Crippen molar-refractivity contribution in [2.45, 2.75) is 39.7 Å². The molecule has 1 heterocycles. The van der Waals surface area contributed by atoms with Gasteiger partial charge in [0.25, 0.3) is 0 Å². The van der Waals surface area contributed by atoms with E-state index in [0.29, 0.717) is 6.04 Å². The van der Waals surface area contributed by atoms with Crippen molar-refractivity contribution in [1.82, 2.24) is 15.1 Å². The fraction of sp³-hybridized carbons (Fsp3) is 0.769. The number of halogens is 1. The van der Waals surface area contributed by atoms with Gasteiger partial charge >= 0.3 is 0 Å². The van der Waals surface area contributed by atoms with Gasteiger partial charge in [-0.25, -0.2) is 0 Å². The Morgan fingerprint density at radius 2 is 2.11 bits per heavy atom. The lowest BCUT2D eigenvalue weighted by atomic mass is 10.1. The molecule has 1 N–H and O–H groups in total. The summed E-state index contributed by atoms with van der Waals surface area (Å²) in [4.78, 5) is 0. The van der Waals surface area contributed by atoms with E-state index in [4.69, 9.17) is 0 Å². The number of nitrogens with zero attached hydrogens (tertiary/aromatic N) is 2. The molecule has 1 aromatic heterocycles. The van der Waals surface area contributed by atoms with E-state index in [2.05, 4.69) is 47.1 Å².